The fraction of sp³-hybridized carbons (Fsp3) is 0.222. The summed E-state index contributed by atoms with van der Waals surface area (Å²) in [6.07, 6.45) is 0.767. The number of para-hydroxylation sites is 1. The highest BCUT2D eigenvalue weighted by Crippen LogP contribution is 2.36. The number of aldehydes is 1. The summed E-state index contributed by atoms with van der Waals surface area (Å²) in [4.78, 5) is 17.8. The zero-order valence-electron chi connectivity index (χ0n) is 14.5. The minimum atomic E-state index is 0.450. The van der Waals surface area contributed by atoms with Crippen molar-refractivity contribution >= 4 is 44.3 Å². The molecule has 0 aliphatic rings. The third-order valence-corrected chi connectivity index (χ3v) is 4.69. The maximum Gasteiger partial charge on any atom is 0.231 e. The minimum Gasteiger partial charge on any atom is -0.495 e. The zero-order chi connectivity index (χ0) is 18.0. The molecule has 0 bridgehead atoms. The summed E-state index contributed by atoms with van der Waals surface area (Å²) in [5.74, 6) is 0.629. The molecular weight excluding hydrogens is 336 g/mol. The van der Waals surface area contributed by atoms with Crippen LogP contribution in [0.4, 0.5) is 16.5 Å². The van der Waals surface area contributed by atoms with Crippen molar-refractivity contribution in [2.24, 2.45) is 10.2 Å². The van der Waals surface area contributed by atoms with Crippen LogP contribution in [-0.2, 0) is 0 Å². The second kappa shape index (κ2) is 6.98. The van der Waals surface area contributed by atoms with Crippen LogP contribution in [0.15, 0.2) is 40.6 Å². The number of carbonyl (C=O) groups is 1. The van der Waals surface area contributed by atoms with E-state index in [1.54, 1.807) is 19.2 Å². The third-order valence-electron chi connectivity index (χ3n) is 3.79. The van der Waals surface area contributed by atoms with E-state index in [0.29, 0.717) is 22.1 Å². The maximum atomic E-state index is 11.4. The molecule has 0 spiro atoms. The maximum absolute atomic E-state index is 11.4. The highest BCUT2D eigenvalue weighted by atomic mass is 32.1. The summed E-state index contributed by atoms with van der Waals surface area (Å²) < 4.78 is 6.45. The lowest BCUT2D eigenvalue weighted by Gasteiger charge is -2.17. The van der Waals surface area contributed by atoms with Gasteiger partial charge >= 0.3 is 0 Å². The first kappa shape index (κ1) is 17.0. The quantitative estimate of drug-likeness (QED) is 0.482. The number of hydrogen-bond donors (Lipinski definition) is 0. The van der Waals surface area contributed by atoms with Crippen molar-refractivity contribution in [3.05, 3.63) is 41.5 Å². The molecule has 0 fully saturated rings. The van der Waals surface area contributed by atoms with E-state index >= 15 is 0 Å². The van der Waals surface area contributed by atoms with Gasteiger partial charge in [0.15, 0.2) is 6.29 Å². The molecule has 128 valence electrons. The Hall–Kier alpha value is -2.80. The molecule has 0 unspecified atom stereocenters. The van der Waals surface area contributed by atoms with Gasteiger partial charge in [0.1, 0.15) is 11.4 Å². The number of nitrogens with zero attached hydrogens (tertiary/aromatic N) is 4. The standard InChI is InChI=1S/C18H18N4O2S/c1-11-6-5-7-16-17(11)19-18(25-16)21-20-13-9-15(24-4)14(22(2)3)8-12(13)10-23/h5-10H,1-4H3. The van der Waals surface area contributed by atoms with Gasteiger partial charge in [0, 0.05) is 25.7 Å². The summed E-state index contributed by atoms with van der Waals surface area (Å²) in [5, 5.41) is 8.99. The van der Waals surface area contributed by atoms with Crippen LogP contribution in [0.1, 0.15) is 15.9 Å². The van der Waals surface area contributed by atoms with Gasteiger partial charge in [-0.25, -0.2) is 4.98 Å². The Morgan fingerprint density at radius 2 is 2.04 bits per heavy atom. The summed E-state index contributed by atoms with van der Waals surface area (Å²) in [6.45, 7) is 2.01. The molecule has 3 aromatic rings. The molecular formula is C18H18N4O2S. The summed E-state index contributed by atoms with van der Waals surface area (Å²) in [7, 11) is 5.36. The van der Waals surface area contributed by atoms with E-state index in [2.05, 4.69) is 15.2 Å². The Balaban J connectivity index is 2.01. The lowest BCUT2D eigenvalue weighted by molar-refractivity contribution is 0.112. The van der Waals surface area contributed by atoms with Gasteiger partial charge in [-0.2, -0.15) is 0 Å². The predicted octanol–water partition coefficient (Wildman–Crippen LogP) is 4.91. The number of ether oxygens (including phenoxy) is 1. The van der Waals surface area contributed by atoms with Crippen LogP contribution in [-0.4, -0.2) is 32.5 Å². The molecule has 0 radical (unpaired) electrons. The number of carbonyl (C=O) groups excluding carboxylic acids is 1. The molecule has 3 rings (SSSR count). The van der Waals surface area contributed by atoms with Gasteiger partial charge in [0.25, 0.3) is 0 Å². The van der Waals surface area contributed by atoms with Gasteiger partial charge in [-0.3, -0.25) is 4.79 Å². The Morgan fingerprint density at radius 3 is 2.68 bits per heavy atom. The SMILES string of the molecule is COc1cc(N=Nc2nc3c(C)cccc3s2)c(C=O)cc1N(C)C. The average Bonchev–Trinajstić information content (AvgIpc) is 3.03. The van der Waals surface area contributed by atoms with E-state index in [1.165, 1.54) is 11.3 Å². The van der Waals surface area contributed by atoms with Crippen molar-refractivity contribution in [3.63, 3.8) is 0 Å². The van der Waals surface area contributed by atoms with Gasteiger partial charge < -0.3 is 9.64 Å². The monoisotopic (exact) mass is 354 g/mol. The number of hydrogen-bond acceptors (Lipinski definition) is 7. The van der Waals surface area contributed by atoms with Crippen molar-refractivity contribution in [1.82, 2.24) is 4.98 Å². The molecule has 0 saturated heterocycles. The molecule has 2 aromatic carbocycles. The number of methoxy groups -OCH3 is 1. The van der Waals surface area contributed by atoms with Crippen LogP contribution in [0.2, 0.25) is 0 Å². The lowest BCUT2D eigenvalue weighted by atomic mass is 10.1. The Kier molecular flexibility index (Phi) is 4.76. The molecule has 25 heavy (non-hydrogen) atoms. The minimum absolute atomic E-state index is 0.450. The molecule has 0 aliphatic heterocycles. The predicted molar refractivity (Wildman–Crippen MR) is 101 cm³/mol. The van der Waals surface area contributed by atoms with E-state index < -0.39 is 0 Å². The van der Waals surface area contributed by atoms with Crippen LogP contribution in [0.25, 0.3) is 10.2 Å². The van der Waals surface area contributed by atoms with E-state index in [1.807, 2.05) is 44.1 Å². The van der Waals surface area contributed by atoms with Crippen molar-refractivity contribution in [1.29, 1.82) is 0 Å². The second-order valence-corrected chi connectivity index (χ2v) is 6.72. The van der Waals surface area contributed by atoms with Crippen LogP contribution in [0.3, 0.4) is 0 Å². The molecule has 0 saturated carbocycles. The average molecular weight is 354 g/mol. The third kappa shape index (κ3) is 3.36. The number of aromatic nitrogens is 1. The van der Waals surface area contributed by atoms with E-state index in [9.17, 15) is 4.79 Å². The zero-order valence-corrected chi connectivity index (χ0v) is 15.3. The first-order chi connectivity index (χ1) is 12.0. The van der Waals surface area contributed by atoms with Crippen molar-refractivity contribution in [2.45, 2.75) is 6.92 Å². The van der Waals surface area contributed by atoms with E-state index in [0.717, 1.165) is 27.8 Å². The van der Waals surface area contributed by atoms with Crippen molar-refractivity contribution in [2.75, 3.05) is 26.1 Å². The normalized spacial score (nSPS) is 11.2. The number of anilines is 1. The highest BCUT2D eigenvalue weighted by Gasteiger charge is 2.12. The number of benzene rings is 2. The molecule has 7 heteroatoms. The first-order valence-electron chi connectivity index (χ1n) is 7.66. The molecule has 0 aliphatic carbocycles. The second-order valence-electron chi connectivity index (χ2n) is 5.71. The fourth-order valence-electron chi connectivity index (χ4n) is 2.48. The van der Waals surface area contributed by atoms with E-state index in [-0.39, 0.29) is 0 Å². The highest BCUT2D eigenvalue weighted by molar-refractivity contribution is 7.21. The molecule has 0 N–H and O–H groups in total. The smallest absolute Gasteiger partial charge is 0.231 e. The number of azo groups is 1. The van der Waals surface area contributed by atoms with Crippen molar-refractivity contribution < 1.29 is 9.53 Å². The number of rotatable bonds is 5. The van der Waals surface area contributed by atoms with Crippen LogP contribution in [0, 0.1) is 6.92 Å². The molecule has 1 aromatic heterocycles. The fourth-order valence-corrected chi connectivity index (χ4v) is 3.35. The Morgan fingerprint density at radius 1 is 1.24 bits per heavy atom. The number of aryl methyl sites for hydroxylation is 1. The van der Waals surface area contributed by atoms with Gasteiger partial charge in [-0.05, 0) is 24.6 Å². The summed E-state index contributed by atoms with van der Waals surface area (Å²) >= 11 is 1.46. The van der Waals surface area contributed by atoms with Crippen LogP contribution in [0.5, 0.6) is 5.75 Å². The largest absolute Gasteiger partial charge is 0.495 e. The molecule has 1 heterocycles. The molecule has 6 nitrogen and oxygen atoms in total. The first-order valence-corrected chi connectivity index (χ1v) is 8.47. The van der Waals surface area contributed by atoms with E-state index in [4.69, 9.17) is 4.74 Å². The summed E-state index contributed by atoms with van der Waals surface area (Å²) in [6, 6.07) is 9.46. The Labute approximate surface area is 149 Å². The topological polar surface area (TPSA) is 67.2 Å². The molecule has 0 atom stereocenters. The van der Waals surface area contributed by atoms with Crippen LogP contribution >= 0.6 is 11.3 Å². The van der Waals surface area contributed by atoms with Gasteiger partial charge in [0.05, 0.1) is 23.0 Å². The van der Waals surface area contributed by atoms with Crippen LogP contribution < -0.4 is 9.64 Å². The lowest BCUT2D eigenvalue weighted by Crippen LogP contribution is -2.10. The summed E-state index contributed by atoms with van der Waals surface area (Å²) in [5.41, 5.74) is 3.73. The van der Waals surface area contributed by atoms with Crippen molar-refractivity contribution in [3.8, 4) is 5.75 Å². The number of thiazole rings is 1. The Bertz CT molecular complexity index is 963. The van der Waals surface area contributed by atoms with Gasteiger partial charge in [-0.1, -0.05) is 23.5 Å². The van der Waals surface area contributed by atoms with Gasteiger partial charge in [-0.15, -0.1) is 10.2 Å². The van der Waals surface area contributed by atoms with Gasteiger partial charge in [0.2, 0.25) is 5.13 Å². The molecule has 0 amide bonds. The number of fused-ring (bicyclic) bond motifs is 1.